The number of hydrogen-bond acceptors (Lipinski definition) is 3. The minimum atomic E-state index is -0.997. The summed E-state index contributed by atoms with van der Waals surface area (Å²) in [5.41, 5.74) is 0.956. The van der Waals surface area contributed by atoms with Crippen molar-refractivity contribution >= 4 is 17.9 Å². The smallest absolute Gasteiger partial charge is 0.335 e. The molecule has 0 saturated heterocycles. The average Bonchev–Trinajstić information content (AvgIpc) is 2.50. The number of benzene rings is 1. The van der Waals surface area contributed by atoms with Gasteiger partial charge in [0.05, 0.1) is 5.56 Å². The Labute approximate surface area is 122 Å². The Bertz CT molecular complexity index is 513. The number of aromatic carboxylic acids is 1. The van der Waals surface area contributed by atoms with E-state index in [1.807, 2.05) is 0 Å². The Hall–Kier alpha value is -2.57. The van der Waals surface area contributed by atoms with E-state index in [1.165, 1.54) is 19.2 Å². The Balaban J connectivity index is 2.49. The van der Waals surface area contributed by atoms with Gasteiger partial charge >= 0.3 is 12.0 Å². The second-order valence-corrected chi connectivity index (χ2v) is 4.40. The van der Waals surface area contributed by atoms with E-state index in [1.54, 1.807) is 19.1 Å². The third kappa shape index (κ3) is 5.13. The number of carbonyl (C=O) groups is 3. The van der Waals surface area contributed by atoms with Gasteiger partial charge in [-0.05, 0) is 24.1 Å². The Morgan fingerprint density at radius 3 is 2.29 bits per heavy atom. The highest BCUT2D eigenvalue weighted by atomic mass is 16.4. The first-order valence-corrected chi connectivity index (χ1v) is 6.56. The van der Waals surface area contributed by atoms with Crippen LogP contribution < -0.4 is 16.0 Å². The molecule has 0 aliphatic carbocycles. The molecule has 1 rings (SSSR count). The minimum Gasteiger partial charge on any atom is -0.478 e. The van der Waals surface area contributed by atoms with Gasteiger partial charge in [0.2, 0.25) is 5.91 Å². The lowest BCUT2D eigenvalue weighted by molar-refractivity contribution is -0.122. The van der Waals surface area contributed by atoms with Crippen molar-refractivity contribution < 1.29 is 19.5 Å². The molecule has 0 radical (unpaired) electrons. The lowest BCUT2D eigenvalue weighted by Crippen LogP contribution is -2.48. The number of carbonyl (C=O) groups excluding carboxylic acids is 2. The fourth-order valence-electron chi connectivity index (χ4n) is 1.68. The molecule has 0 aliphatic heterocycles. The van der Waals surface area contributed by atoms with Crippen molar-refractivity contribution in [2.75, 3.05) is 7.05 Å². The number of likely N-dealkylation sites (N-methyl/N-ethyl adjacent to an activating group) is 1. The van der Waals surface area contributed by atoms with E-state index in [4.69, 9.17) is 5.11 Å². The summed E-state index contributed by atoms with van der Waals surface area (Å²) in [5, 5.41) is 16.4. The van der Waals surface area contributed by atoms with Crippen molar-refractivity contribution in [1.82, 2.24) is 16.0 Å². The third-order valence-electron chi connectivity index (χ3n) is 2.93. The number of urea groups is 1. The number of hydrogen-bond donors (Lipinski definition) is 4. The third-order valence-corrected chi connectivity index (χ3v) is 2.93. The summed E-state index contributed by atoms with van der Waals surface area (Å²) < 4.78 is 0. The SMILES string of the molecule is CCC(NC(=O)NCc1ccc(C(=O)O)cc1)C(=O)NC. The van der Waals surface area contributed by atoms with Crippen molar-refractivity contribution in [2.45, 2.75) is 25.9 Å². The number of carboxylic acid groups (broad SMARTS) is 1. The van der Waals surface area contributed by atoms with E-state index in [0.29, 0.717) is 6.42 Å². The summed E-state index contributed by atoms with van der Waals surface area (Å²) in [6.45, 7) is 2.04. The first-order valence-electron chi connectivity index (χ1n) is 6.56. The van der Waals surface area contributed by atoms with Gasteiger partial charge in [-0.2, -0.15) is 0 Å². The molecular formula is C14H19N3O4. The fraction of sp³-hybridized carbons (Fsp3) is 0.357. The van der Waals surface area contributed by atoms with E-state index in [2.05, 4.69) is 16.0 Å². The molecule has 7 heteroatoms. The lowest BCUT2D eigenvalue weighted by atomic mass is 10.1. The monoisotopic (exact) mass is 293 g/mol. The molecule has 3 amide bonds. The number of nitrogens with one attached hydrogen (secondary N) is 3. The molecule has 0 spiro atoms. The van der Waals surface area contributed by atoms with Gasteiger partial charge in [-0.25, -0.2) is 9.59 Å². The van der Waals surface area contributed by atoms with Crippen LogP contribution in [0.5, 0.6) is 0 Å². The summed E-state index contributed by atoms with van der Waals surface area (Å²) in [5.74, 6) is -1.25. The Kier molecular flexibility index (Phi) is 6.19. The molecular weight excluding hydrogens is 274 g/mol. The molecule has 0 saturated carbocycles. The zero-order chi connectivity index (χ0) is 15.8. The molecule has 0 aliphatic rings. The summed E-state index contributed by atoms with van der Waals surface area (Å²) in [6.07, 6.45) is 0.487. The Morgan fingerprint density at radius 1 is 1.19 bits per heavy atom. The molecule has 0 fully saturated rings. The molecule has 4 N–H and O–H groups in total. The van der Waals surface area contributed by atoms with Gasteiger partial charge < -0.3 is 21.1 Å². The lowest BCUT2D eigenvalue weighted by Gasteiger charge is -2.15. The molecule has 7 nitrogen and oxygen atoms in total. The molecule has 1 aromatic carbocycles. The van der Waals surface area contributed by atoms with Crippen LogP contribution in [-0.4, -0.2) is 36.1 Å². The zero-order valence-electron chi connectivity index (χ0n) is 12.0. The average molecular weight is 293 g/mol. The Morgan fingerprint density at radius 2 is 1.81 bits per heavy atom. The molecule has 0 heterocycles. The van der Waals surface area contributed by atoms with Crippen molar-refractivity contribution in [3.05, 3.63) is 35.4 Å². The van der Waals surface area contributed by atoms with Crippen LogP contribution in [0.1, 0.15) is 29.3 Å². The van der Waals surface area contributed by atoms with Crippen LogP contribution in [0.2, 0.25) is 0 Å². The van der Waals surface area contributed by atoms with Crippen LogP contribution in [0.25, 0.3) is 0 Å². The molecule has 21 heavy (non-hydrogen) atoms. The van der Waals surface area contributed by atoms with Gasteiger partial charge in [0, 0.05) is 13.6 Å². The van der Waals surface area contributed by atoms with E-state index in [0.717, 1.165) is 5.56 Å². The van der Waals surface area contributed by atoms with Gasteiger partial charge in [-0.15, -0.1) is 0 Å². The first kappa shape index (κ1) is 16.5. The standard InChI is InChI=1S/C14H19N3O4/c1-3-11(12(18)15-2)17-14(21)16-8-9-4-6-10(7-5-9)13(19)20/h4-7,11H,3,8H2,1-2H3,(H,15,18)(H,19,20)(H2,16,17,21). The normalized spacial score (nSPS) is 11.3. The number of amides is 3. The van der Waals surface area contributed by atoms with Gasteiger partial charge in [0.15, 0.2) is 0 Å². The van der Waals surface area contributed by atoms with Crippen LogP contribution >= 0.6 is 0 Å². The number of carboxylic acids is 1. The highest BCUT2D eigenvalue weighted by molar-refractivity contribution is 5.88. The zero-order valence-corrected chi connectivity index (χ0v) is 12.0. The van der Waals surface area contributed by atoms with Crippen LogP contribution in [-0.2, 0) is 11.3 Å². The van der Waals surface area contributed by atoms with Crippen molar-refractivity contribution in [3.8, 4) is 0 Å². The van der Waals surface area contributed by atoms with E-state index < -0.39 is 18.0 Å². The summed E-state index contributed by atoms with van der Waals surface area (Å²) >= 11 is 0. The second kappa shape index (κ2) is 7.88. The van der Waals surface area contributed by atoms with Gasteiger partial charge in [-0.3, -0.25) is 4.79 Å². The van der Waals surface area contributed by atoms with Gasteiger partial charge in [0.1, 0.15) is 6.04 Å². The first-order chi connectivity index (χ1) is 9.97. The summed E-state index contributed by atoms with van der Waals surface area (Å²) in [7, 11) is 1.51. The maximum absolute atomic E-state index is 11.7. The van der Waals surface area contributed by atoms with Crippen LogP contribution in [0.3, 0.4) is 0 Å². The minimum absolute atomic E-state index is 0.189. The largest absolute Gasteiger partial charge is 0.478 e. The van der Waals surface area contributed by atoms with Gasteiger partial charge in [0.25, 0.3) is 0 Å². The van der Waals surface area contributed by atoms with Crippen LogP contribution in [0.4, 0.5) is 4.79 Å². The topological polar surface area (TPSA) is 108 Å². The summed E-state index contributed by atoms with van der Waals surface area (Å²) in [6, 6.07) is 5.16. The van der Waals surface area contributed by atoms with Crippen LogP contribution in [0.15, 0.2) is 24.3 Å². The quantitative estimate of drug-likeness (QED) is 0.619. The second-order valence-electron chi connectivity index (χ2n) is 4.40. The maximum Gasteiger partial charge on any atom is 0.335 e. The summed E-state index contributed by atoms with van der Waals surface area (Å²) in [4.78, 5) is 33.8. The van der Waals surface area contributed by atoms with E-state index in [-0.39, 0.29) is 18.0 Å². The molecule has 1 unspecified atom stereocenters. The molecule has 1 aromatic rings. The van der Waals surface area contributed by atoms with Gasteiger partial charge in [-0.1, -0.05) is 19.1 Å². The van der Waals surface area contributed by atoms with E-state index in [9.17, 15) is 14.4 Å². The molecule has 0 bridgehead atoms. The maximum atomic E-state index is 11.7. The van der Waals surface area contributed by atoms with E-state index >= 15 is 0 Å². The van der Waals surface area contributed by atoms with Crippen molar-refractivity contribution in [3.63, 3.8) is 0 Å². The molecule has 1 atom stereocenters. The predicted octanol–water partition coefficient (Wildman–Crippen LogP) is 0.709. The van der Waals surface area contributed by atoms with Crippen molar-refractivity contribution in [1.29, 1.82) is 0 Å². The predicted molar refractivity (Wildman–Crippen MR) is 76.9 cm³/mol. The fourth-order valence-corrected chi connectivity index (χ4v) is 1.68. The highest BCUT2D eigenvalue weighted by Crippen LogP contribution is 2.04. The molecule has 0 aromatic heterocycles. The van der Waals surface area contributed by atoms with Crippen LogP contribution in [0, 0.1) is 0 Å². The highest BCUT2D eigenvalue weighted by Gasteiger charge is 2.16. The van der Waals surface area contributed by atoms with Crippen molar-refractivity contribution in [2.24, 2.45) is 0 Å². The number of rotatable bonds is 6. The molecule has 114 valence electrons.